The van der Waals surface area contributed by atoms with E-state index in [0.717, 1.165) is 16.7 Å². The molecule has 2 atom stereocenters. The molecule has 1 heterocycles. The minimum atomic E-state index is -0.610. The molecule has 2 aromatic rings. The van der Waals surface area contributed by atoms with Gasteiger partial charge in [0.15, 0.2) is 0 Å². The number of aliphatic hydroxyl groups excluding tert-OH is 1. The third-order valence-corrected chi connectivity index (χ3v) is 4.38. The number of thiophene rings is 1. The predicted molar refractivity (Wildman–Crippen MR) is 77.3 cm³/mol. The first-order chi connectivity index (χ1) is 8.65. The summed E-state index contributed by atoms with van der Waals surface area (Å²) in [4.78, 5) is 0. The summed E-state index contributed by atoms with van der Waals surface area (Å²) < 4.78 is 0. The van der Waals surface area contributed by atoms with Crippen LogP contribution in [0.5, 0.6) is 0 Å². The molecule has 0 bridgehead atoms. The number of nitrogens with two attached hydrogens (primary N) is 1. The molecular weight excluding hydrogens is 266 g/mol. The first kappa shape index (κ1) is 13.6. The molecule has 1 aromatic heterocycles. The maximum absolute atomic E-state index is 10.5. The van der Waals surface area contributed by atoms with Crippen LogP contribution >= 0.6 is 22.9 Å². The Morgan fingerprint density at radius 1 is 1.28 bits per heavy atom. The van der Waals surface area contributed by atoms with Crippen LogP contribution in [-0.4, -0.2) is 11.7 Å². The Kier molecular flexibility index (Phi) is 4.40. The largest absolute Gasteiger partial charge is 0.388 e. The van der Waals surface area contributed by atoms with Crippen LogP contribution in [0.4, 0.5) is 0 Å². The number of aliphatic hydroxyl groups is 1. The summed E-state index contributed by atoms with van der Waals surface area (Å²) in [5.74, 6) is -0.174. The van der Waals surface area contributed by atoms with Crippen LogP contribution in [0.25, 0.3) is 0 Å². The van der Waals surface area contributed by atoms with Gasteiger partial charge in [0, 0.05) is 17.5 Å². The van der Waals surface area contributed by atoms with E-state index >= 15 is 0 Å². The Morgan fingerprint density at radius 2 is 2.00 bits per heavy atom. The van der Waals surface area contributed by atoms with Gasteiger partial charge in [0.1, 0.15) is 0 Å². The summed E-state index contributed by atoms with van der Waals surface area (Å²) in [5, 5.41) is 15.1. The van der Waals surface area contributed by atoms with Gasteiger partial charge in [-0.3, -0.25) is 0 Å². The summed E-state index contributed by atoms with van der Waals surface area (Å²) in [6.07, 6.45) is -0.610. The van der Waals surface area contributed by atoms with Crippen molar-refractivity contribution in [3.8, 4) is 0 Å². The van der Waals surface area contributed by atoms with Gasteiger partial charge in [-0.25, -0.2) is 0 Å². The van der Waals surface area contributed by atoms with Gasteiger partial charge in [0.05, 0.1) is 6.10 Å². The van der Waals surface area contributed by atoms with E-state index in [1.165, 1.54) is 0 Å². The predicted octanol–water partition coefficient (Wildman–Crippen LogP) is 3.49. The number of hydrogen-bond donors (Lipinski definition) is 2. The minimum absolute atomic E-state index is 0.174. The highest BCUT2D eigenvalue weighted by atomic mass is 35.5. The van der Waals surface area contributed by atoms with E-state index in [-0.39, 0.29) is 5.92 Å². The molecule has 2 unspecified atom stereocenters. The molecule has 0 aliphatic rings. The van der Waals surface area contributed by atoms with Crippen molar-refractivity contribution in [2.45, 2.75) is 18.9 Å². The number of hydrogen-bond acceptors (Lipinski definition) is 3. The third-order valence-electron chi connectivity index (χ3n) is 3.15. The van der Waals surface area contributed by atoms with Gasteiger partial charge in [-0.15, -0.1) is 0 Å². The number of halogens is 1. The number of benzene rings is 1. The smallest absolute Gasteiger partial charge is 0.0881 e. The molecule has 0 aliphatic carbocycles. The van der Waals surface area contributed by atoms with E-state index in [2.05, 4.69) is 0 Å². The Morgan fingerprint density at radius 3 is 2.56 bits per heavy atom. The SMILES string of the molecule is Cc1cscc1C(O)C(CN)c1ccccc1Cl. The summed E-state index contributed by atoms with van der Waals surface area (Å²) >= 11 is 7.77. The van der Waals surface area contributed by atoms with Crippen LogP contribution in [0.2, 0.25) is 5.02 Å². The standard InChI is InChI=1S/C14H16ClNOS/c1-9-7-18-8-12(9)14(17)11(6-16)10-4-2-3-5-13(10)15/h2-5,7-8,11,14,17H,6,16H2,1H3. The van der Waals surface area contributed by atoms with Gasteiger partial charge < -0.3 is 10.8 Å². The molecule has 3 N–H and O–H groups in total. The Balaban J connectivity index is 2.35. The van der Waals surface area contributed by atoms with Crippen LogP contribution in [0.1, 0.15) is 28.7 Å². The summed E-state index contributed by atoms with van der Waals surface area (Å²) in [5.41, 5.74) is 8.75. The van der Waals surface area contributed by atoms with Crippen molar-refractivity contribution in [3.63, 3.8) is 0 Å². The van der Waals surface area contributed by atoms with E-state index in [4.69, 9.17) is 17.3 Å². The average molecular weight is 282 g/mol. The lowest BCUT2D eigenvalue weighted by molar-refractivity contribution is 0.147. The Labute approximate surface area is 116 Å². The zero-order chi connectivity index (χ0) is 13.1. The van der Waals surface area contributed by atoms with Gasteiger partial charge in [0.2, 0.25) is 0 Å². The topological polar surface area (TPSA) is 46.2 Å². The van der Waals surface area contributed by atoms with Crippen molar-refractivity contribution in [1.29, 1.82) is 0 Å². The van der Waals surface area contributed by atoms with Crippen LogP contribution in [0.15, 0.2) is 35.0 Å². The second-order valence-corrected chi connectivity index (χ2v) is 5.47. The maximum Gasteiger partial charge on any atom is 0.0881 e. The van der Waals surface area contributed by atoms with Crippen molar-refractivity contribution in [2.24, 2.45) is 5.73 Å². The lowest BCUT2D eigenvalue weighted by Gasteiger charge is -2.23. The van der Waals surface area contributed by atoms with E-state index in [1.807, 2.05) is 41.9 Å². The Bertz CT molecular complexity index is 526. The molecule has 0 saturated heterocycles. The molecule has 2 nitrogen and oxygen atoms in total. The van der Waals surface area contributed by atoms with Crippen molar-refractivity contribution >= 4 is 22.9 Å². The lowest BCUT2D eigenvalue weighted by Crippen LogP contribution is -2.20. The van der Waals surface area contributed by atoms with Crippen molar-refractivity contribution in [1.82, 2.24) is 0 Å². The fourth-order valence-corrected chi connectivity index (χ4v) is 3.25. The molecule has 4 heteroatoms. The normalized spacial score (nSPS) is 14.4. The van der Waals surface area contributed by atoms with Crippen molar-refractivity contribution < 1.29 is 5.11 Å². The third kappa shape index (κ3) is 2.59. The highest BCUT2D eigenvalue weighted by Crippen LogP contribution is 2.36. The van der Waals surface area contributed by atoms with E-state index in [1.54, 1.807) is 11.3 Å². The van der Waals surface area contributed by atoms with Gasteiger partial charge >= 0.3 is 0 Å². The molecular formula is C14H16ClNOS. The maximum atomic E-state index is 10.5. The molecule has 0 saturated carbocycles. The first-order valence-corrected chi connectivity index (χ1v) is 7.12. The molecule has 1 aromatic carbocycles. The molecule has 2 rings (SSSR count). The second-order valence-electron chi connectivity index (χ2n) is 4.32. The first-order valence-electron chi connectivity index (χ1n) is 5.80. The Hall–Kier alpha value is -0.870. The molecule has 0 amide bonds. The second kappa shape index (κ2) is 5.85. The molecule has 0 spiro atoms. The molecule has 0 aliphatic heterocycles. The van der Waals surface area contributed by atoms with Crippen LogP contribution < -0.4 is 5.73 Å². The van der Waals surface area contributed by atoms with Crippen LogP contribution in [0, 0.1) is 6.92 Å². The monoisotopic (exact) mass is 281 g/mol. The van der Waals surface area contributed by atoms with E-state index < -0.39 is 6.10 Å². The molecule has 0 radical (unpaired) electrons. The number of aryl methyl sites for hydroxylation is 1. The molecule has 96 valence electrons. The quantitative estimate of drug-likeness (QED) is 0.901. The minimum Gasteiger partial charge on any atom is -0.388 e. The van der Waals surface area contributed by atoms with Gasteiger partial charge in [0.25, 0.3) is 0 Å². The average Bonchev–Trinajstić information content (AvgIpc) is 2.78. The van der Waals surface area contributed by atoms with Crippen molar-refractivity contribution in [3.05, 3.63) is 56.7 Å². The van der Waals surface area contributed by atoms with Gasteiger partial charge in [-0.05, 0) is 40.4 Å². The summed E-state index contributed by atoms with van der Waals surface area (Å²) in [6.45, 7) is 2.36. The van der Waals surface area contributed by atoms with Gasteiger partial charge in [-0.1, -0.05) is 29.8 Å². The van der Waals surface area contributed by atoms with Crippen LogP contribution in [-0.2, 0) is 0 Å². The van der Waals surface area contributed by atoms with Crippen LogP contribution in [0.3, 0.4) is 0 Å². The fourth-order valence-electron chi connectivity index (χ4n) is 2.09. The van der Waals surface area contributed by atoms with E-state index in [9.17, 15) is 5.11 Å². The number of rotatable bonds is 4. The lowest BCUT2D eigenvalue weighted by atomic mass is 9.89. The fraction of sp³-hybridized carbons (Fsp3) is 0.286. The van der Waals surface area contributed by atoms with Gasteiger partial charge in [-0.2, -0.15) is 11.3 Å². The zero-order valence-corrected chi connectivity index (χ0v) is 11.7. The summed E-state index contributed by atoms with van der Waals surface area (Å²) in [6, 6.07) is 7.54. The molecule has 0 fully saturated rings. The molecule has 18 heavy (non-hydrogen) atoms. The summed E-state index contributed by atoms with van der Waals surface area (Å²) in [7, 11) is 0. The van der Waals surface area contributed by atoms with Crippen molar-refractivity contribution in [2.75, 3.05) is 6.54 Å². The van der Waals surface area contributed by atoms with E-state index in [0.29, 0.717) is 11.6 Å². The zero-order valence-electron chi connectivity index (χ0n) is 10.1. The highest BCUT2D eigenvalue weighted by molar-refractivity contribution is 7.08. The highest BCUT2D eigenvalue weighted by Gasteiger charge is 2.24.